The van der Waals surface area contributed by atoms with Crippen LogP contribution in [0, 0.1) is 11.8 Å². The van der Waals surface area contributed by atoms with E-state index in [9.17, 15) is 4.79 Å². The second-order valence-corrected chi connectivity index (χ2v) is 3.00. The summed E-state index contributed by atoms with van der Waals surface area (Å²) in [6.45, 7) is 4.10. The summed E-state index contributed by atoms with van der Waals surface area (Å²) in [5.74, 6) is -0.0378. The van der Waals surface area contributed by atoms with Crippen molar-refractivity contribution in [3.05, 3.63) is 23.8 Å². The molecule has 0 saturated carbocycles. The topological polar surface area (TPSA) is 37.3 Å². The fourth-order valence-electron chi connectivity index (χ4n) is 1.06. The summed E-state index contributed by atoms with van der Waals surface area (Å²) in [6.07, 6.45) is 5.41. The summed E-state index contributed by atoms with van der Waals surface area (Å²) in [4.78, 5) is 10.5. The number of carboxylic acid groups (broad SMARTS) is 1. The Morgan fingerprint density at radius 3 is 2.55 bits per heavy atom. The molecule has 0 saturated heterocycles. The van der Waals surface area contributed by atoms with Gasteiger partial charge in [0.15, 0.2) is 0 Å². The Hall–Kier alpha value is -1.05. The van der Waals surface area contributed by atoms with E-state index in [1.165, 1.54) is 0 Å². The number of carbonyl (C=O) groups is 1. The highest BCUT2D eigenvalue weighted by Crippen LogP contribution is 2.21. The average Bonchev–Trinajstić information content (AvgIpc) is 1.94. The van der Waals surface area contributed by atoms with Crippen LogP contribution in [0.25, 0.3) is 0 Å². The molecule has 0 radical (unpaired) electrons. The molecule has 0 amide bonds. The van der Waals surface area contributed by atoms with Crippen LogP contribution in [0.15, 0.2) is 23.8 Å². The average molecular weight is 152 g/mol. The molecule has 0 aromatic carbocycles. The normalized spacial score (nSPS) is 29.8. The summed E-state index contributed by atoms with van der Waals surface area (Å²) in [5, 5.41) is 8.62. The fraction of sp³-hybridized carbons (Fsp3) is 0.444. The van der Waals surface area contributed by atoms with Crippen molar-refractivity contribution in [2.75, 3.05) is 0 Å². The maximum Gasteiger partial charge on any atom is 0.335 e. The van der Waals surface area contributed by atoms with Gasteiger partial charge in [-0.15, -0.1) is 0 Å². The van der Waals surface area contributed by atoms with Gasteiger partial charge >= 0.3 is 5.97 Å². The molecule has 0 heterocycles. The predicted octanol–water partition coefficient (Wildman–Crippen LogP) is 1.84. The van der Waals surface area contributed by atoms with Crippen molar-refractivity contribution in [1.82, 2.24) is 0 Å². The van der Waals surface area contributed by atoms with E-state index in [0.29, 0.717) is 17.4 Å². The van der Waals surface area contributed by atoms with E-state index in [0.717, 1.165) is 0 Å². The first-order valence-electron chi connectivity index (χ1n) is 3.74. The minimum atomic E-state index is -0.833. The van der Waals surface area contributed by atoms with Gasteiger partial charge in [-0.1, -0.05) is 32.1 Å². The highest BCUT2D eigenvalue weighted by atomic mass is 16.4. The van der Waals surface area contributed by atoms with E-state index in [-0.39, 0.29) is 0 Å². The van der Waals surface area contributed by atoms with Crippen molar-refractivity contribution in [1.29, 1.82) is 0 Å². The van der Waals surface area contributed by atoms with Crippen molar-refractivity contribution in [3.8, 4) is 0 Å². The Labute approximate surface area is 66.2 Å². The van der Waals surface area contributed by atoms with Gasteiger partial charge in [0.25, 0.3) is 0 Å². The van der Waals surface area contributed by atoms with Gasteiger partial charge in [0, 0.05) is 0 Å². The van der Waals surface area contributed by atoms with Crippen LogP contribution in [0.1, 0.15) is 13.8 Å². The summed E-state index contributed by atoms with van der Waals surface area (Å²) in [6, 6.07) is 0. The molecule has 1 N–H and O–H groups in total. The highest BCUT2D eigenvalue weighted by Gasteiger charge is 2.14. The third kappa shape index (κ3) is 1.70. The van der Waals surface area contributed by atoms with Crippen LogP contribution in [0.5, 0.6) is 0 Å². The summed E-state index contributed by atoms with van der Waals surface area (Å²) < 4.78 is 0. The summed E-state index contributed by atoms with van der Waals surface area (Å²) in [5.41, 5.74) is 0.413. The third-order valence-electron chi connectivity index (χ3n) is 2.10. The molecule has 2 heteroatoms. The van der Waals surface area contributed by atoms with Crippen molar-refractivity contribution in [2.45, 2.75) is 13.8 Å². The molecule has 0 fully saturated rings. The zero-order valence-corrected chi connectivity index (χ0v) is 6.74. The third-order valence-corrected chi connectivity index (χ3v) is 2.10. The minimum absolute atomic E-state index is 0.339. The highest BCUT2D eigenvalue weighted by molar-refractivity contribution is 5.90. The SMILES string of the molecule is CC1C=CC(C(=O)O)=CC1C. The second kappa shape index (κ2) is 2.91. The molecule has 2 unspecified atom stereocenters. The standard InChI is InChI=1S/C9H12O2/c1-6-3-4-8(9(10)11)5-7(6)2/h3-7H,1-2H3,(H,10,11). The van der Waals surface area contributed by atoms with E-state index in [1.54, 1.807) is 12.2 Å². The molecule has 0 aromatic heterocycles. The van der Waals surface area contributed by atoms with Crippen LogP contribution in [0.2, 0.25) is 0 Å². The van der Waals surface area contributed by atoms with Gasteiger partial charge in [-0.25, -0.2) is 4.79 Å². The van der Waals surface area contributed by atoms with Crippen molar-refractivity contribution in [3.63, 3.8) is 0 Å². The Balaban J connectivity index is 2.80. The largest absolute Gasteiger partial charge is 0.478 e. The zero-order chi connectivity index (χ0) is 8.43. The van der Waals surface area contributed by atoms with E-state index >= 15 is 0 Å². The number of aliphatic carboxylic acids is 1. The Bertz CT molecular complexity index is 226. The van der Waals surface area contributed by atoms with Gasteiger partial charge in [-0.3, -0.25) is 0 Å². The van der Waals surface area contributed by atoms with Crippen LogP contribution in [0.3, 0.4) is 0 Å². The molecule has 0 spiro atoms. The van der Waals surface area contributed by atoms with Crippen LogP contribution in [-0.2, 0) is 4.79 Å². The first-order valence-corrected chi connectivity index (χ1v) is 3.74. The van der Waals surface area contributed by atoms with Gasteiger partial charge in [-0.2, -0.15) is 0 Å². The van der Waals surface area contributed by atoms with Crippen LogP contribution in [0.4, 0.5) is 0 Å². The fourth-order valence-corrected chi connectivity index (χ4v) is 1.06. The number of allylic oxidation sites excluding steroid dienone is 2. The lowest BCUT2D eigenvalue weighted by Crippen LogP contribution is -2.10. The lowest BCUT2D eigenvalue weighted by molar-refractivity contribution is -0.132. The van der Waals surface area contributed by atoms with Gasteiger partial charge in [0.2, 0.25) is 0 Å². The van der Waals surface area contributed by atoms with Crippen LogP contribution in [-0.4, -0.2) is 11.1 Å². The molecule has 2 nitrogen and oxygen atoms in total. The number of carboxylic acids is 1. The van der Waals surface area contributed by atoms with E-state index < -0.39 is 5.97 Å². The molecule has 60 valence electrons. The smallest absolute Gasteiger partial charge is 0.335 e. The quantitative estimate of drug-likeness (QED) is 0.622. The number of hydrogen-bond acceptors (Lipinski definition) is 1. The predicted molar refractivity (Wildman–Crippen MR) is 43.2 cm³/mol. The molecule has 0 aromatic rings. The molecule has 2 atom stereocenters. The first-order chi connectivity index (χ1) is 5.11. The Morgan fingerprint density at radius 2 is 2.09 bits per heavy atom. The van der Waals surface area contributed by atoms with Crippen molar-refractivity contribution >= 4 is 5.97 Å². The molecular formula is C9H12O2. The molecule has 1 aliphatic rings. The van der Waals surface area contributed by atoms with E-state index in [1.807, 2.05) is 13.0 Å². The Morgan fingerprint density at radius 1 is 1.45 bits per heavy atom. The first kappa shape index (κ1) is 8.05. The zero-order valence-electron chi connectivity index (χ0n) is 6.74. The van der Waals surface area contributed by atoms with Crippen molar-refractivity contribution < 1.29 is 9.90 Å². The van der Waals surface area contributed by atoms with Gasteiger partial charge < -0.3 is 5.11 Å². The number of hydrogen-bond donors (Lipinski definition) is 1. The van der Waals surface area contributed by atoms with Crippen molar-refractivity contribution in [2.24, 2.45) is 11.8 Å². The molecule has 11 heavy (non-hydrogen) atoms. The summed E-state index contributed by atoms with van der Waals surface area (Å²) in [7, 11) is 0. The summed E-state index contributed by atoms with van der Waals surface area (Å²) >= 11 is 0. The monoisotopic (exact) mass is 152 g/mol. The van der Waals surface area contributed by atoms with Crippen LogP contribution >= 0.6 is 0 Å². The lowest BCUT2D eigenvalue weighted by atomic mass is 9.89. The molecule has 0 aliphatic heterocycles. The molecule has 1 aliphatic carbocycles. The molecular weight excluding hydrogens is 140 g/mol. The molecule has 0 bridgehead atoms. The van der Waals surface area contributed by atoms with E-state index in [2.05, 4.69) is 6.92 Å². The van der Waals surface area contributed by atoms with Gasteiger partial charge in [-0.05, 0) is 11.8 Å². The van der Waals surface area contributed by atoms with Gasteiger partial charge in [0.1, 0.15) is 0 Å². The minimum Gasteiger partial charge on any atom is -0.478 e. The molecule has 1 rings (SSSR count). The van der Waals surface area contributed by atoms with Crippen LogP contribution < -0.4 is 0 Å². The van der Waals surface area contributed by atoms with Gasteiger partial charge in [0.05, 0.1) is 5.57 Å². The second-order valence-electron chi connectivity index (χ2n) is 3.00. The number of rotatable bonds is 1. The van der Waals surface area contributed by atoms with E-state index in [4.69, 9.17) is 5.11 Å². The maximum atomic E-state index is 10.5. The maximum absolute atomic E-state index is 10.5. The Kier molecular flexibility index (Phi) is 2.13. The lowest BCUT2D eigenvalue weighted by Gasteiger charge is -2.16.